The molecule has 0 amide bonds. The molecule has 0 aliphatic rings. The van der Waals surface area contributed by atoms with E-state index in [0.717, 1.165) is 22.5 Å². The highest BCUT2D eigenvalue weighted by atomic mass is 15.0. The molecule has 0 fully saturated rings. The Kier molecular flexibility index (Phi) is 5.77. The third-order valence-electron chi connectivity index (χ3n) is 5.80. The number of hydrogen-bond donors (Lipinski definition) is 0. The second-order valence-corrected chi connectivity index (χ2v) is 9.41. The average molecular weight is 442 g/mol. The maximum atomic E-state index is 4.85. The first-order valence-electron chi connectivity index (χ1n) is 11.6. The molecule has 0 unspecified atom stereocenters. The van der Waals surface area contributed by atoms with Crippen LogP contribution >= 0.6 is 0 Å². The zero-order valence-corrected chi connectivity index (χ0v) is 19.7. The summed E-state index contributed by atoms with van der Waals surface area (Å²) in [6, 6.07) is 37.6. The van der Waals surface area contributed by atoms with Crippen LogP contribution in [-0.4, -0.2) is 15.0 Å². The fourth-order valence-electron chi connectivity index (χ4n) is 3.96. The summed E-state index contributed by atoms with van der Waals surface area (Å²) in [5, 5.41) is 0. The Labute approximate surface area is 201 Å². The van der Waals surface area contributed by atoms with E-state index >= 15 is 0 Å². The third kappa shape index (κ3) is 4.51. The Bertz CT molecular complexity index is 1400. The number of nitrogens with zero attached hydrogens (tertiary/aromatic N) is 3. The molecule has 0 aliphatic carbocycles. The van der Waals surface area contributed by atoms with Gasteiger partial charge in [0.2, 0.25) is 0 Å². The molecule has 0 N–H and O–H groups in total. The van der Waals surface area contributed by atoms with Gasteiger partial charge in [0.15, 0.2) is 11.6 Å². The first kappa shape index (κ1) is 21.7. The molecule has 5 aromatic rings. The summed E-state index contributed by atoms with van der Waals surface area (Å²) >= 11 is 0. The van der Waals surface area contributed by atoms with Crippen LogP contribution < -0.4 is 0 Å². The maximum Gasteiger partial charge on any atom is 0.163 e. The van der Waals surface area contributed by atoms with E-state index in [9.17, 15) is 0 Å². The molecular weight excluding hydrogens is 414 g/mol. The number of benzene rings is 4. The van der Waals surface area contributed by atoms with E-state index in [1.54, 1.807) is 0 Å². The van der Waals surface area contributed by atoms with Crippen molar-refractivity contribution in [3.8, 4) is 45.0 Å². The van der Waals surface area contributed by atoms with Crippen LogP contribution in [0.1, 0.15) is 26.6 Å². The molecule has 1 aromatic heterocycles. The molecule has 1 heterocycles. The van der Waals surface area contributed by atoms with Crippen molar-refractivity contribution in [2.45, 2.75) is 26.2 Å². The molecule has 5 rings (SSSR count). The lowest BCUT2D eigenvalue weighted by Gasteiger charge is -2.18. The van der Waals surface area contributed by atoms with E-state index in [0.29, 0.717) is 11.6 Å². The van der Waals surface area contributed by atoms with Crippen LogP contribution in [0, 0.1) is 0 Å². The highest BCUT2D eigenvalue weighted by molar-refractivity contribution is 5.84. The Morgan fingerprint density at radius 2 is 0.794 bits per heavy atom. The molecule has 166 valence electrons. The van der Waals surface area contributed by atoms with E-state index in [-0.39, 0.29) is 5.41 Å². The molecule has 0 saturated heterocycles. The second-order valence-electron chi connectivity index (χ2n) is 9.41. The summed E-state index contributed by atoms with van der Waals surface area (Å²) in [6.45, 7) is 6.39. The lowest BCUT2D eigenvalue weighted by molar-refractivity contribution is 0.543. The van der Waals surface area contributed by atoms with Crippen LogP contribution in [0.2, 0.25) is 0 Å². The van der Waals surface area contributed by atoms with E-state index < -0.39 is 0 Å². The van der Waals surface area contributed by atoms with E-state index in [1.165, 1.54) is 16.7 Å². The van der Waals surface area contributed by atoms with Gasteiger partial charge in [-0.3, -0.25) is 0 Å². The summed E-state index contributed by atoms with van der Waals surface area (Å²) in [5.41, 5.74) is 6.58. The molecule has 0 radical (unpaired) electrons. The molecule has 0 saturated carbocycles. The lowest BCUT2D eigenvalue weighted by Crippen LogP contribution is -2.18. The summed E-state index contributed by atoms with van der Waals surface area (Å²) in [5.74, 6) is 2.19. The summed E-state index contributed by atoms with van der Waals surface area (Å²) in [6.07, 6.45) is 0. The van der Waals surface area contributed by atoms with Gasteiger partial charge in [-0.2, -0.15) is 0 Å². The fourth-order valence-corrected chi connectivity index (χ4v) is 3.96. The predicted octanol–water partition coefficient (Wildman–Crippen LogP) is 7.84. The van der Waals surface area contributed by atoms with E-state index in [4.69, 9.17) is 15.0 Å². The highest BCUT2D eigenvalue weighted by Gasteiger charge is 2.21. The van der Waals surface area contributed by atoms with Gasteiger partial charge in [-0.1, -0.05) is 130 Å². The Hall–Kier alpha value is -4.11. The zero-order valence-electron chi connectivity index (χ0n) is 19.7. The van der Waals surface area contributed by atoms with Crippen LogP contribution in [0.5, 0.6) is 0 Å². The van der Waals surface area contributed by atoms with Gasteiger partial charge in [0, 0.05) is 16.5 Å². The smallest absolute Gasteiger partial charge is 0.163 e. The number of aromatic nitrogens is 3. The van der Waals surface area contributed by atoms with Crippen LogP contribution in [0.25, 0.3) is 45.0 Å². The van der Waals surface area contributed by atoms with Crippen LogP contribution in [0.15, 0.2) is 109 Å². The van der Waals surface area contributed by atoms with Crippen molar-refractivity contribution >= 4 is 0 Å². The van der Waals surface area contributed by atoms with Crippen molar-refractivity contribution in [1.82, 2.24) is 15.0 Å². The highest BCUT2D eigenvalue weighted by Crippen LogP contribution is 2.33. The number of hydrogen-bond acceptors (Lipinski definition) is 3. The molecule has 0 spiro atoms. The van der Waals surface area contributed by atoms with Crippen molar-refractivity contribution in [1.29, 1.82) is 0 Å². The molecule has 4 aromatic carbocycles. The summed E-state index contributed by atoms with van der Waals surface area (Å²) in [4.78, 5) is 14.5. The van der Waals surface area contributed by atoms with Gasteiger partial charge in [-0.15, -0.1) is 0 Å². The topological polar surface area (TPSA) is 38.7 Å². The van der Waals surface area contributed by atoms with Gasteiger partial charge in [0.25, 0.3) is 0 Å². The summed E-state index contributed by atoms with van der Waals surface area (Å²) < 4.78 is 0. The fraction of sp³-hybridized carbons (Fsp3) is 0.129. The molecule has 0 bridgehead atoms. The van der Waals surface area contributed by atoms with Crippen molar-refractivity contribution in [3.63, 3.8) is 0 Å². The minimum absolute atomic E-state index is 0.185. The molecular formula is C31H27N3. The Morgan fingerprint density at radius 3 is 1.29 bits per heavy atom. The van der Waals surface area contributed by atoms with Crippen LogP contribution in [0.4, 0.5) is 0 Å². The van der Waals surface area contributed by atoms with Gasteiger partial charge in [0.1, 0.15) is 5.82 Å². The molecule has 34 heavy (non-hydrogen) atoms. The van der Waals surface area contributed by atoms with Gasteiger partial charge < -0.3 is 0 Å². The predicted molar refractivity (Wildman–Crippen MR) is 140 cm³/mol. The standard InChI is InChI=1S/C31H27N3/c1-31(2,3)30-33-28(24-14-8-5-9-15-24)32-29(34-30)25-20-18-23(19-21-25)27-17-11-10-16-26(27)22-12-6-4-7-13-22/h4-21H,1-3H3. The first-order chi connectivity index (χ1) is 16.5. The Balaban J connectivity index is 1.56. The summed E-state index contributed by atoms with van der Waals surface area (Å²) in [7, 11) is 0. The molecule has 3 heteroatoms. The van der Waals surface area contributed by atoms with Crippen molar-refractivity contribution in [2.24, 2.45) is 0 Å². The van der Waals surface area contributed by atoms with Gasteiger partial charge in [-0.25, -0.2) is 15.0 Å². The van der Waals surface area contributed by atoms with Crippen LogP contribution in [-0.2, 0) is 5.41 Å². The van der Waals surface area contributed by atoms with Crippen molar-refractivity contribution < 1.29 is 0 Å². The number of rotatable bonds is 4. The van der Waals surface area contributed by atoms with Crippen molar-refractivity contribution in [3.05, 3.63) is 115 Å². The monoisotopic (exact) mass is 441 g/mol. The maximum absolute atomic E-state index is 4.85. The van der Waals surface area contributed by atoms with Gasteiger partial charge >= 0.3 is 0 Å². The third-order valence-corrected chi connectivity index (χ3v) is 5.80. The second kappa shape index (κ2) is 9.03. The molecule has 0 aliphatic heterocycles. The first-order valence-corrected chi connectivity index (χ1v) is 11.6. The zero-order chi connectivity index (χ0) is 23.5. The normalized spacial score (nSPS) is 11.4. The molecule has 0 atom stereocenters. The SMILES string of the molecule is CC(C)(C)c1nc(-c2ccccc2)nc(-c2ccc(-c3ccccc3-c3ccccc3)cc2)n1. The Morgan fingerprint density at radius 1 is 0.412 bits per heavy atom. The van der Waals surface area contributed by atoms with Gasteiger partial charge in [-0.05, 0) is 22.3 Å². The lowest BCUT2D eigenvalue weighted by atomic mass is 9.94. The quantitative estimate of drug-likeness (QED) is 0.285. The largest absolute Gasteiger partial charge is 0.212 e. The van der Waals surface area contributed by atoms with Gasteiger partial charge in [0.05, 0.1) is 0 Å². The van der Waals surface area contributed by atoms with Crippen molar-refractivity contribution in [2.75, 3.05) is 0 Å². The minimum Gasteiger partial charge on any atom is -0.212 e. The van der Waals surface area contributed by atoms with E-state index in [1.807, 2.05) is 36.4 Å². The minimum atomic E-state index is -0.185. The average Bonchev–Trinajstić information content (AvgIpc) is 2.89. The van der Waals surface area contributed by atoms with E-state index in [2.05, 4.69) is 93.6 Å². The van der Waals surface area contributed by atoms with Crippen LogP contribution in [0.3, 0.4) is 0 Å². The molecule has 3 nitrogen and oxygen atoms in total.